The molecule has 0 saturated carbocycles. The number of benzene rings is 2. The maximum atomic E-state index is 6.04. The largest absolute Gasteiger partial charge is 0.423 e. The first kappa shape index (κ1) is 18.4. The molecule has 0 N–H and O–H groups in total. The van der Waals surface area contributed by atoms with E-state index in [1.807, 2.05) is 6.07 Å². The molecule has 4 aromatic rings. The third-order valence-corrected chi connectivity index (χ3v) is 6.82. The number of hydrogen-bond acceptors (Lipinski definition) is 6. The zero-order valence-electron chi connectivity index (χ0n) is 17.2. The van der Waals surface area contributed by atoms with Crippen molar-refractivity contribution in [1.82, 2.24) is 9.97 Å². The molecule has 2 aromatic heterocycles. The van der Waals surface area contributed by atoms with Gasteiger partial charge in [0.15, 0.2) is 10.7 Å². The first-order chi connectivity index (χ1) is 14.1. The summed E-state index contributed by atoms with van der Waals surface area (Å²) in [6, 6.07) is 13.7. The molecule has 5 rings (SSSR count). The van der Waals surface area contributed by atoms with Crippen molar-refractivity contribution in [1.29, 1.82) is 0 Å². The molecule has 29 heavy (non-hydrogen) atoms. The Hall–Kier alpha value is -2.60. The van der Waals surface area contributed by atoms with Gasteiger partial charge in [-0.05, 0) is 47.7 Å². The predicted octanol–water partition coefficient (Wildman–Crippen LogP) is 5.45. The second-order valence-electron chi connectivity index (χ2n) is 8.00. The Labute approximate surface area is 175 Å². The van der Waals surface area contributed by atoms with Gasteiger partial charge in [-0.1, -0.05) is 44.2 Å². The summed E-state index contributed by atoms with van der Waals surface area (Å²) in [4.78, 5) is 14.2. The SMILES string of the molecule is CCc1ccc2nc(N3CCN(c4nc5cc(C(C)C)ccc5o4)CC3)sc2c1. The Morgan fingerprint density at radius 1 is 0.966 bits per heavy atom. The minimum absolute atomic E-state index is 0.491. The highest BCUT2D eigenvalue weighted by Gasteiger charge is 2.23. The third kappa shape index (κ3) is 3.46. The number of aryl methyl sites for hydroxylation is 1. The van der Waals surface area contributed by atoms with Crippen LogP contribution in [-0.2, 0) is 6.42 Å². The number of nitrogens with zero attached hydrogens (tertiary/aromatic N) is 4. The number of thiazole rings is 1. The van der Waals surface area contributed by atoms with Crippen molar-refractivity contribution in [3.05, 3.63) is 47.5 Å². The minimum atomic E-state index is 0.491. The van der Waals surface area contributed by atoms with Gasteiger partial charge in [0.25, 0.3) is 6.01 Å². The zero-order chi connectivity index (χ0) is 20.0. The summed E-state index contributed by atoms with van der Waals surface area (Å²) < 4.78 is 7.32. The van der Waals surface area contributed by atoms with E-state index in [1.165, 1.54) is 15.8 Å². The molecular formula is C23H26N4OS. The quantitative estimate of drug-likeness (QED) is 0.451. The lowest BCUT2D eigenvalue weighted by atomic mass is 10.0. The van der Waals surface area contributed by atoms with Gasteiger partial charge in [0.2, 0.25) is 0 Å². The standard InChI is InChI=1S/C23H26N4OS/c1-4-16-5-7-18-21(13-16)29-23(25-18)27-11-9-26(10-12-27)22-24-19-14-17(15(2)3)6-8-20(19)28-22/h5-8,13-15H,4,9-12H2,1-3H3. The molecule has 150 valence electrons. The first-order valence-corrected chi connectivity index (χ1v) is 11.2. The van der Waals surface area contributed by atoms with E-state index in [-0.39, 0.29) is 0 Å². The summed E-state index contributed by atoms with van der Waals surface area (Å²) in [7, 11) is 0. The fourth-order valence-electron chi connectivity index (χ4n) is 3.83. The molecule has 0 amide bonds. The summed E-state index contributed by atoms with van der Waals surface area (Å²) in [5, 5.41) is 1.12. The Morgan fingerprint density at radius 2 is 1.76 bits per heavy atom. The molecule has 2 aromatic carbocycles. The molecule has 1 aliphatic heterocycles. The van der Waals surface area contributed by atoms with Crippen LogP contribution in [0.2, 0.25) is 0 Å². The zero-order valence-corrected chi connectivity index (χ0v) is 18.0. The topological polar surface area (TPSA) is 45.4 Å². The molecule has 5 nitrogen and oxygen atoms in total. The Kier molecular flexibility index (Phi) is 4.66. The minimum Gasteiger partial charge on any atom is -0.423 e. The van der Waals surface area contributed by atoms with Crippen molar-refractivity contribution in [3.63, 3.8) is 0 Å². The Morgan fingerprint density at radius 3 is 2.52 bits per heavy atom. The van der Waals surface area contributed by atoms with Crippen LogP contribution < -0.4 is 9.80 Å². The van der Waals surface area contributed by atoms with Gasteiger partial charge in [0.1, 0.15) is 5.52 Å². The van der Waals surface area contributed by atoms with Crippen molar-refractivity contribution in [3.8, 4) is 0 Å². The van der Waals surface area contributed by atoms with Gasteiger partial charge in [-0.2, -0.15) is 4.98 Å². The molecule has 0 aliphatic carbocycles. The van der Waals surface area contributed by atoms with Gasteiger partial charge in [0, 0.05) is 26.2 Å². The predicted molar refractivity (Wildman–Crippen MR) is 122 cm³/mol. The molecule has 0 unspecified atom stereocenters. The normalized spacial score (nSPS) is 15.2. The fraction of sp³-hybridized carbons (Fsp3) is 0.391. The molecular weight excluding hydrogens is 380 g/mol. The summed E-state index contributed by atoms with van der Waals surface area (Å²) in [5.41, 5.74) is 5.58. The molecule has 0 atom stereocenters. The van der Waals surface area contributed by atoms with E-state index in [2.05, 4.69) is 60.9 Å². The van der Waals surface area contributed by atoms with Gasteiger partial charge in [-0.3, -0.25) is 0 Å². The van der Waals surface area contributed by atoms with Crippen LogP contribution in [0.5, 0.6) is 0 Å². The lowest BCUT2D eigenvalue weighted by Gasteiger charge is -2.33. The van der Waals surface area contributed by atoms with Crippen molar-refractivity contribution >= 4 is 43.8 Å². The molecule has 1 fully saturated rings. The number of rotatable bonds is 4. The summed E-state index contributed by atoms with van der Waals surface area (Å²) >= 11 is 1.80. The highest BCUT2D eigenvalue weighted by Crippen LogP contribution is 2.31. The van der Waals surface area contributed by atoms with Crippen LogP contribution in [0.4, 0.5) is 11.1 Å². The van der Waals surface area contributed by atoms with Gasteiger partial charge in [0.05, 0.1) is 10.2 Å². The number of hydrogen-bond donors (Lipinski definition) is 0. The van der Waals surface area contributed by atoms with Gasteiger partial charge in [-0.25, -0.2) is 4.98 Å². The van der Waals surface area contributed by atoms with E-state index in [0.717, 1.165) is 60.4 Å². The molecule has 1 saturated heterocycles. The van der Waals surface area contributed by atoms with E-state index >= 15 is 0 Å². The van der Waals surface area contributed by atoms with Crippen molar-refractivity contribution in [2.75, 3.05) is 36.0 Å². The van der Waals surface area contributed by atoms with Gasteiger partial charge < -0.3 is 14.2 Å². The van der Waals surface area contributed by atoms with Crippen LogP contribution in [0.3, 0.4) is 0 Å². The average molecular weight is 407 g/mol. The van der Waals surface area contributed by atoms with Crippen LogP contribution in [0.15, 0.2) is 40.8 Å². The lowest BCUT2D eigenvalue weighted by molar-refractivity contribution is 0.541. The maximum Gasteiger partial charge on any atom is 0.298 e. The number of anilines is 2. The summed E-state index contributed by atoms with van der Waals surface area (Å²) in [6.45, 7) is 10.2. The first-order valence-electron chi connectivity index (χ1n) is 10.4. The van der Waals surface area contributed by atoms with Crippen LogP contribution >= 0.6 is 11.3 Å². The van der Waals surface area contributed by atoms with E-state index in [1.54, 1.807) is 11.3 Å². The Balaban J connectivity index is 1.32. The Bertz CT molecular complexity index is 1150. The van der Waals surface area contributed by atoms with Gasteiger partial charge >= 0.3 is 0 Å². The van der Waals surface area contributed by atoms with E-state index in [0.29, 0.717) is 5.92 Å². The van der Waals surface area contributed by atoms with Crippen LogP contribution in [0.1, 0.15) is 37.8 Å². The molecule has 0 bridgehead atoms. The highest BCUT2D eigenvalue weighted by molar-refractivity contribution is 7.22. The number of oxazole rings is 1. The van der Waals surface area contributed by atoms with Gasteiger partial charge in [-0.15, -0.1) is 0 Å². The van der Waals surface area contributed by atoms with E-state index < -0.39 is 0 Å². The molecule has 0 radical (unpaired) electrons. The van der Waals surface area contributed by atoms with Crippen molar-refractivity contribution in [2.45, 2.75) is 33.1 Å². The van der Waals surface area contributed by atoms with Crippen LogP contribution in [0.25, 0.3) is 21.3 Å². The molecule has 0 spiro atoms. The van der Waals surface area contributed by atoms with Crippen LogP contribution in [-0.4, -0.2) is 36.1 Å². The van der Waals surface area contributed by atoms with Crippen molar-refractivity contribution < 1.29 is 4.42 Å². The highest BCUT2D eigenvalue weighted by atomic mass is 32.1. The smallest absolute Gasteiger partial charge is 0.298 e. The van der Waals surface area contributed by atoms with E-state index in [9.17, 15) is 0 Å². The fourth-order valence-corrected chi connectivity index (χ4v) is 4.91. The van der Waals surface area contributed by atoms with Crippen LogP contribution in [0, 0.1) is 0 Å². The summed E-state index contributed by atoms with van der Waals surface area (Å²) in [6.07, 6.45) is 1.06. The molecule has 6 heteroatoms. The summed E-state index contributed by atoms with van der Waals surface area (Å²) in [5.74, 6) is 0.491. The third-order valence-electron chi connectivity index (χ3n) is 5.74. The second-order valence-corrected chi connectivity index (χ2v) is 9.01. The number of fused-ring (bicyclic) bond motifs is 2. The second kappa shape index (κ2) is 7.34. The molecule has 1 aliphatic rings. The number of piperazine rings is 1. The number of aromatic nitrogens is 2. The maximum absolute atomic E-state index is 6.04. The molecule has 3 heterocycles. The monoisotopic (exact) mass is 406 g/mol. The average Bonchev–Trinajstić information content (AvgIpc) is 3.36. The lowest BCUT2D eigenvalue weighted by Crippen LogP contribution is -2.46. The van der Waals surface area contributed by atoms with E-state index in [4.69, 9.17) is 14.4 Å². The van der Waals surface area contributed by atoms with Crippen molar-refractivity contribution in [2.24, 2.45) is 0 Å².